The van der Waals surface area contributed by atoms with Gasteiger partial charge in [-0.25, -0.2) is 9.78 Å². The second-order valence-corrected chi connectivity index (χ2v) is 6.38. The van der Waals surface area contributed by atoms with Crippen LogP contribution in [0.2, 0.25) is 0 Å². The highest BCUT2D eigenvalue weighted by Crippen LogP contribution is 2.22. The Morgan fingerprint density at radius 1 is 1.28 bits per heavy atom. The molecule has 1 aliphatic heterocycles. The fraction of sp³-hybridized carbons (Fsp3) is 0.368. The minimum absolute atomic E-state index is 0.0807. The van der Waals surface area contributed by atoms with Gasteiger partial charge in [0.1, 0.15) is 5.82 Å². The second-order valence-electron chi connectivity index (χ2n) is 6.38. The summed E-state index contributed by atoms with van der Waals surface area (Å²) in [6, 6.07) is 12.0. The molecule has 0 saturated heterocycles. The van der Waals surface area contributed by atoms with Gasteiger partial charge < -0.3 is 20.6 Å². The number of nitrogens with one attached hydrogen (secondary N) is 2. The van der Waals surface area contributed by atoms with Crippen molar-refractivity contribution in [3.63, 3.8) is 0 Å². The molecule has 1 aliphatic rings. The third-order valence-electron chi connectivity index (χ3n) is 4.37. The van der Waals surface area contributed by atoms with Gasteiger partial charge in [-0.15, -0.1) is 0 Å². The number of aliphatic hydroxyl groups is 1. The molecule has 132 valence electrons. The van der Waals surface area contributed by atoms with Crippen LogP contribution in [0.15, 0.2) is 42.6 Å². The van der Waals surface area contributed by atoms with E-state index in [0.29, 0.717) is 6.54 Å². The Morgan fingerprint density at radius 2 is 2.08 bits per heavy atom. The maximum Gasteiger partial charge on any atom is 0.315 e. The number of fused-ring (bicyclic) bond motifs is 1. The molecule has 0 fully saturated rings. The van der Waals surface area contributed by atoms with Gasteiger partial charge in [0, 0.05) is 25.8 Å². The molecule has 2 heterocycles. The first-order valence-corrected chi connectivity index (χ1v) is 8.57. The largest absolute Gasteiger partial charge is 0.394 e. The van der Waals surface area contributed by atoms with Crippen molar-refractivity contribution in [2.45, 2.75) is 32.5 Å². The Balaban J connectivity index is 1.55. The van der Waals surface area contributed by atoms with E-state index in [9.17, 15) is 4.79 Å². The average Bonchev–Trinajstić information content (AvgIpc) is 2.66. The molecule has 0 saturated carbocycles. The van der Waals surface area contributed by atoms with Gasteiger partial charge >= 0.3 is 6.03 Å². The van der Waals surface area contributed by atoms with E-state index in [1.807, 2.05) is 12.1 Å². The monoisotopic (exact) mass is 340 g/mol. The molecule has 1 aromatic heterocycles. The Labute approximate surface area is 147 Å². The maximum atomic E-state index is 11.7. The number of amides is 2. The summed E-state index contributed by atoms with van der Waals surface area (Å²) in [5.41, 5.74) is 3.71. The fourth-order valence-corrected chi connectivity index (χ4v) is 2.90. The number of nitrogens with zero attached hydrogens (tertiary/aromatic N) is 2. The summed E-state index contributed by atoms with van der Waals surface area (Å²) < 4.78 is 0. The lowest BCUT2D eigenvalue weighted by Crippen LogP contribution is -2.41. The van der Waals surface area contributed by atoms with E-state index in [2.05, 4.69) is 44.8 Å². The van der Waals surface area contributed by atoms with Gasteiger partial charge in [0.15, 0.2) is 0 Å². The number of aliphatic hydroxyl groups excluding tert-OH is 1. The highest BCUT2D eigenvalue weighted by molar-refractivity contribution is 5.74. The molecule has 6 heteroatoms. The Kier molecular flexibility index (Phi) is 5.50. The SMILES string of the molecule is C[C@@H](CO)NC(=O)NCc1ccc(N2CCc3ccccc3C2)nc1. The zero-order valence-corrected chi connectivity index (χ0v) is 14.4. The van der Waals surface area contributed by atoms with Crippen molar-refractivity contribution in [1.82, 2.24) is 15.6 Å². The van der Waals surface area contributed by atoms with Gasteiger partial charge in [0.05, 0.1) is 12.6 Å². The Hall–Kier alpha value is -2.60. The number of rotatable bonds is 5. The minimum atomic E-state index is -0.293. The molecule has 3 N–H and O–H groups in total. The van der Waals surface area contributed by atoms with Crippen molar-refractivity contribution in [3.8, 4) is 0 Å². The maximum absolute atomic E-state index is 11.7. The molecular weight excluding hydrogens is 316 g/mol. The fourth-order valence-electron chi connectivity index (χ4n) is 2.90. The highest BCUT2D eigenvalue weighted by Gasteiger charge is 2.16. The topological polar surface area (TPSA) is 77.5 Å². The van der Waals surface area contributed by atoms with Gasteiger partial charge in [-0.2, -0.15) is 0 Å². The smallest absolute Gasteiger partial charge is 0.315 e. The molecule has 0 aliphatic carbocycles. The molecule has 1 aromatic carbocycles. The minimum Gasteiger partial charge on any atom is -0.394 e. The van der Waals surface area contributed by atoms with Crippen LogP contribution in [0.5, 0.6) is 0 Å². The molecule has 0 radical (unpaired) electrons. The van der Waals surface area contributed by atoms with Crippen LogP contribution in [0.4, 0.5) is 10.6 Å². The summed E-state index contributed by atoms with van der Waals surface area (Å²) in [6.45, 7) is 3.90. The number of urea groups is 1. The number of hydrogen-bond acceptors (Lipinski definition) is 4. The first-order chi connectivity index (χ1) is 12.2. The van der Waals surface area contributed by atoms with Crippen LogP contribution < -0.4 is 15.5 Å². The van der Waals surface area contributed by atoms with E-state index < -0.39 is 0 Å². The zero-order valence-electron chi connectivity index (χ0n) is 14.4. The van der Waals surface area contributed by atoms with Gasteiger partial charge in [-0.3, -0.25) is 0 Å². The molecule has 3 rings (SSSR count). The van der Waals surface area contributed by atoms with E-state index in [4.69, 9.17) is 5.11 Å². The van der Waals surface area contributed by atoms with Crippen LogP contribution >= 0.6 is 0 Å². The third kappa shape index (κ3) is 4.48. The third-order valence-corrected chi connectivity index (χ3v) is 4.37. The molecule has 1 atom stereocenters. The number of hydrogen-bond donors (Lipinski definition) is 3. The lowest BCUT2D eigenvalue weighted by Gasteiger charge is -2.29. The molecular formula is C19H24N4O2. The van der Waals surface area contributed by atoms with Crippen molar-refractivity contribution in [1.29, 1.82) is 0 Å². The Bertz CT molecular complexity index is 718. The molecule has 6 nitrogen and oxygen atoms in total. The van der Waals surface area contributed by atoms with E-state index in [-0.39, 0.29) is 18.7 Å². The molecule has 0 spiro atoms. The number of carbonyl (C=O) groups excluding carboxylic acids is 1. The van der Waals surface area contributed by atoms with Crippen molar-refractivity contribution in [2.24, 2.45) is 0 Å². The lowest BCUT2D eigenvalue weighted by molar-refractivity contribution is 0.220. The lowest BCUT2D eigenvalue weighted by atomic mass is 10.00. The number of pyridine rings is 1. The van der Waals surface area contributed by atoms with Gasteiger partial charge in [-0.05, 0) is 36.1 Å². The van der Waals surface area contributed by atoms with Crippen LogP contribution in [0.25, 0.3) is 0 Å². The van der Waals surface area contributed by atoms with Crippen molar-refractivity contribution < 1.29 is 9.90 Å². The number of anilines is 1. The molecule has 0 bridgehead atoms. The summed E-state index contributed by atoms with van der Waals surface area (Å²) in [7, 11) is 0. The van der Waals surface area contributed by atoms with Crippen LogP contribution in [0, 0.1) is 0 Å². The van der Waals surface area contributed by atoms with Crippen molar-refractivity contribution in [2.75, 3.05) is 18.1 Å². The summed E-state index contributed by atoms with van der Waals surface area (Å²) in [6.07, 6.45) is 2.83. The highest BCUT2D eigenvalue weighted by atomic mass is 16.3. The Morgan fingerprint density at radius 3 is 2.80 bits per heavy atom. The van der Waals surface area contributed by atoms with Crippen LogP contribution in [0.3, 0.4) is 0 Å². The summed E-state index contributed by atoms with van der Waals surface area (Å²) in [5.74, 6) is 0.955. The van der Waals surface area contributed by atoms with Crippen LogP contribution in [-0.4, -0.2) is 35.3 Å². The van der Waals surface area contributed by atoms with E-state index in [1.54, 1.807) is 13.1 Å². The van der Waals surface area contributed by atoms with Crippen LogP contribution in [-0.2, 0) is 19.5 Å². The molecule has 2 amide bonds. The summed E-state index contributed by atoms with van der Waals surface area (Å²) in [5, 5.41) is 14.3. The van der Waals surface area contributed by atoms with Gasteiger partial charge in [0.2, 0.25) is 0 Å². The first kappa shape index (κ1) is 17.2. The average molecular weight is 340 g/mol. The van der Waals surface area contributed by atoms with Gasteiger partial charge in [0.25, 0.3) is 0 Å². The normalized spacial score (nSPS) is 14.6. The quantitative estimate of drug-likeness (QED) is 0.776. The van der Waals surface area contributed by atoms with Crippen molar-refractivity contribution in [3.05, 3.63) is 59.3 Å². The summed E-state index contributed by atoms with van der Waals surface area (Å²) in [4.78, 5) is 18.5. The number of benzene rings is 1. The van der Waals surface area contributed by atoms with Gasteiger partial charge in [-0.1, -0.05) is 30.3 Å². The summed E-state index contributed by atoms with van der Waals surface area (Å²) >= 11 is 0. The standard InChI is InChI=1S/C19H24N4O2/c1-14(13-24)22-19(25)21-11-15-6-7-18(20-10-15)23-9-8-16-4-2-3-5-17(16)12-23/h2-7,10,14,24H,8-9,11-13H2,1H3,(H2,21,22,25)/t14-/m0/s1. The van der Waals surface area contributed by atoms with E-state index in [0.717, 1.165) is 30.9 Å². The molecule has 2 aromatic rings. The van der Waals surface area contributed by atoms with Crippen molar-refractivity contribution >= 4 is 11.8 Å². The van der Waals surface area contributed by atoms with E-state index >= 15 is 0 Å². The first-order valence-electron chi connectivity index (χ1n) is 8.57. The molecule has 25 heavy (non-hydrogen) atoms. The molecule has 0 unspecified atom stereocenters. The van der Waals surface area contributed by atoms with Crippen LogP contribution in [0.1, 0.15) is 23.6 Å². The predicted molar refractivity (Wildman–Crippen MR) is 97.4 cm³/mol. The van der Waals surface area contributed by atoms with E-state index in [1.165, 1.54) is 11.1 Å². The predicted octanol–water partition coefficient (Wildman–Crippen LogP) is 1.82. The number of carbonyl (C=O) groups is 1. The zero-order chi connectivity index (χ0) is 17.6. The number of aromatic nitrogens is 1. The second kappa shape index (κ2) is 7.98.